The number of hydrogen-bond donors (Lipinski definition) is 2. The molecule has 0 saturated carbocycles. The van der Waals surface area contributed by atoms with Crippen molar-refractivity contribution >= 4 is 5.91 Å². The molecule has 1 fully saturated rings. The zero-order chi connectivity index (χ0) is 15.2. The molecule has 2 N–H and O–H groups in total. The van der Waals surface area contributed by atoms with Gasteiger partial charge in [0.15, 0.2) is 0 Å². The number of benzene rings is 1. The molecule has 0 bridgehead atoms. The molecule has 112 valence electrons. The van der Waals surface area contributed by atoms with Gasteiger partial charge in [0.1, 0.15) is 0 Å². The van der Waals surface area contributed by atoms with Crippen molar-refractivity contribution in [2.24, 2.45) is 5.92 Å². The Hall–Kier alpha value is -1.83. The Morgan fingerprint density at radius 3 is 2.90 bits per heavy atom. The van der Waals surface area contributed by atoms with E-state index in [1.165, 1.54) is 0 Å². The molecule has 0 radical (unpaired) electrons. The first kappa shape index (κ1) is 15.6. The Labute approximate surface area is 125 Å². The molecular formula is C17H21NO3. The number of rotatable bonds is 3. The number of aryl methyl sites for hydroxylation is 1. The van der Waals surface area contributed by atoms with Crippen LogP contribution in [0.25, 0.3) is 0 Å². The Balaban J connectivity index is 2.15. The van der Waals surface area contributed by atoms with Crippen LogP contribution in [-0.4, -0.2) is 47.3 Å². The van der Waals surface area contributed by atoms with E-state index in [9.17, 15) is 4.79 Å². The van der Waals surface area contributed by atoms with Crippen LogP contribution < -0.4 is 0 Å². The van der Waals surface area contributed by atoms with Gasteiger partial charge in [0.2, 0.25) is 0 Å². The third-order valence-corrected chi connectivity index (χ3v) is 3.78. The molecule has 1 aromatic rings. The van der Waals surface area contributed by atoms with Crippen molar-refractivity contribution in [3.05, 3.63) is 34.9 Å². The Bertz CT molecular complexity index is 571. The zero-order valence-electron chi connectivity index (χ0n) is 12.3. The molecule has 0 spiro atoms. The van der Waals surface area contributed by atoms with Crippen molar-refractivity contribution in [1.29, 1.82) is 0 Å². The van der Waals surface area contributed by atoms with Crippen LogP contribution in [0, 0.1) is 24.7 Å². The van der Waals surface area contributed by atoms with Crippen LogP contribution in [0.15, 0.2) is 18.2 Å². The highest BCUT2D eigenvalue weighted by Gasteiger charge is 2.26. The smallest absolute Gasteiger partial charge is 0.253 e. The van der Waals surface area contributed by atoms with Gasteiger partial charge in [-0.15, -0.1) is 0 Å². The number of nitrogens with zero attached hydrogens (tertiary/aromatic N) is 1. The molecule has 0 aromatic heterocycles. The first-order valence-corrected chi connectivity index (χ1v) is 7.26. The number of amides is 1. The number of likely N-dealkylation sites (tertiary alicyclic amines) is 1. The largest absolute Gasteiger partial charge is 0.396 e. The van der Waals surface area contributed by atoms with Gasteiger partial charge in [0.05, 0.1) is 6.61 Å². The molecule has 2 rings (SSSR count). The second kappa shape index (κ2) is 7.26. The summed E-state index contributed by atoms with van der Waals surface area (Å²) >= 11 is 0. The topological polar surface area (TPSA) is 60.8 Å². The van der Waals surface area contributed by atoms with Crippen LogP contribution >= 0.6 is 0 Å². The Kier molecular flexibility index (Phi) is 5.38. The van der Waals surface area contributed by atoms with Gasteiger partial charge in [-0.1, -0.05) is 17.9 Å². The highest BCUT2D eigenvalue weighted by atomic mass is 16.3. The van der Waals surface area contributed by atoms with E-state index >= 15 is 0 Å². The van der Waals surface area contributed by atoms with Crippen LogP contribution in [-0.2, 0) is 0 Å². The number of aliphatic hydroxyl groups excluding tert-OH is 2. The van der Waals surface area contributed by atoms with Gasteiger partial charge in [0, 0.05) is 43.2 Å². The van der Waals surface area contributed by atoms with Gasteiger partial charge < -0.3 is 15.1 Å². The van der Waals surface area contributed by atoms with Gasteiger partial charge in [-0.3, -0.25) is 4.79 Å². The summed E-state index contributed by atoms with van der Waals surface area (Å²) in [4.78, 5) is 14.2. The average Bonchev–Trinajstić information content (AvgIpc) is 2.97. The molecule has 1 unspecified atom stereocenters. The fourth-order valence-electron chi connectivity index (χ4n) is 2.45. The molecule has 1 atom stereocenters. The maximum atomic E-state index is 12.5. The molecule has 1 amide bonds. The van der Waals surface area contributed by atoms with Crippen molar-refractivity contribution in [2.75, 3.05) is 26.3 Å². The Morgan fingerprint density at radius 2 is 2.24 bits per heavy atom. The molecule has 1 aliphatic heterocycles. The van der Waals surface area contributed by atoms with E-state index in [4.69, 9.17) is 10.2 Å². The van der Waals surface area contributed by atoms with Crippen molar-refractivity contribution in [3.63, 3.8) is 0 Å². The zero-order valence-corrected chi connectivity index (χ0v) is 12.3. The van der Waals surface area contributed by atoms with Gasteiger partial charge in [-0.2, -0.15) is 0 Å². The lowest BCUT2D eigenvalue weighted by Crippen LogP contribution is -2.29. The number of aliphatic hydroxyl groups is 2. The lowest BCUT2D eigenvalue weighted by atomic mass is 10.0. The summed E-state index contributed by atoms with van der Waals surface area (Å²) < 4.78 is 0. The summed E-state index contributed by atoms with van der Waals surface area (Å²) in [5.41, 5.74) is 2.48. The van der Waals surface area contributed by atoms with E-state index in [2.05, 4.69) is 11.8 Å². The number of carbonyl (C=O) groups excluding carboxylic acids is 1. The molecule has 1 aliphatic rings. The van der Waals surface area contributed by atoms with Gasteiger partial charge in [-0.25, -0.2) is 0 Å². The van der Waals surface area contributed by atoms with Gasteiger partial charge in [-0.05, 0) is 31.0 Å². The van der Waals surface area contributed by atoms with E-state index in [-0.39, 0.29) is 25.0 Å². The van der Waals surface area contributed by atoms with E-state index in [1.807, 2.05) is 25.1 Å². The predicted molar refractivity (Wildman–Crippen MR) is 80.9 cm³/mol. The third kappa shape index (κ3) is 3.84. The Morgan fingerprint density at radius 1 is 1.43 bits per heavy atom. The van der Waals surface area contributed by atoms with E-state index in [0.717, 1.165) is 17.5 Å². The van der Waals surface area contributed by atoms with Crippen LogP contribution in [0.3, 0.4) is 0 Å². The molecular weight excluding hydrogens is 266 g/mol. The lowest BCUT2D eigenvalue weighted by molar-refractivity contribution is 0.0782. The summed E-state index contributed by atoms with van der Waals surface area (Å²) in [6, 6.07) is 5.53. The van der Waals surface area contributed by atoms with Crippen LogP contribution in [0.4, 0.5) is 0 Å². The molecule has 4 nitrogen and oxygen atoms in total. The summed E-state index contributed by atoms with van der Waals surface area (Å²) in [7, 11) is 0. The van der Waals surface area contributed by atoms with Crippen molar-refractivity contribution in [3.8, 4) is 11.8 Å². The predicted octanol–water partition coefficient (Wildman–Crippen LogP) is 1.18. The normalized spacial score (nSPS) is 17.5. The lowest BCUT2D eigenvalue weighted by Gasteiger charge is -2.16. The molecule has 1 aromatic carbocycles. The van der Waals surface area contributed by atoms with Crippen LogP contribution in [0.2, 0.25) is 0 Å². The summed E-state index contributed by atoms with van der Waals surface area (Å²) in [6.45, 7) is 3.45. The number of carbonyl (C=O) groups is 1. The highest BCUT2D eigenvalue weighted by Crippen LogP contribution is 2.19. The second-order valence-corrected chi connectivity index (χ2v) is 5.39. The van der Waals surface area contributed by atoms with Crippen molar-refractivity contribution in [1.82, 2.24) is 4.90 Å². The number of hydrogen-bond acceptors (Lipinski definition) is 3. The monoisotopic (exact) mass is 287 g/mol. The average molecular weight is 287 g/mol. The third-order valence-electron chi connectivity index (χ3n) is 3.78. The minimum atomic E-state index is -0.00356. The fraction of sp³-hybridized carbons (Fsp3) is 0.471. The SMILES string of the molecule is Cc1ccc(C(=O)N2CCC(CO)C2)cc1C#CCCO. The minimum absolute atomic E-state index is 0.00356. The fourth-order valence-corrected chi connectivity index (χ4v) is 2.45. The van der Waals surface area contributed by atoms with Crippen molar-refractivity contribution in [2.45, 2.75) is 19.8 Å². The maximum Gasteiger partial charge on any atom is 0.253 e. The summed E-state index contributed by atoms with van der Waals surface area (Å²) in [5.74, 6) is 6.08. The van der Waals surface area contributed by atoms with E-state index in [1.54, 1.807) is 4.90 Å². The summed E-state index contributed by atoms with van der Waals surface area (Å²) in [6.07, 6.45) is 1.29. The van der Waals surface area contributed by atoms with E-state index in [0.29, 0.717) is 25.1 Å². The first-order chi connectivity index (χ1) is 10.2. The molecule has 4 heteroatoms. The minimum Gasteiger partial charge on any atom is -0.396 e. The van der Waals surface area contributed by atoms with Gasteiger partial charge in [0.25, 0.3) is 5.91 Å². The quantitative estimate of drug-likeness (QED) is 0.821. The van der Waals surface area contributed by atoms with Crippen LogP contribution in [0.5, 0.6) is 0 Å². The van der Waals surface area contributed by atoms with Gasteiger partial charge >= 0.3 is 0 Å². The second-order valence-electron chi connectivity index (χ2n) is 5.39. The standard InChI is InChI=1S/C17H21NO3/c1-13-5-6-16(10-15(13)4-2-3-9-19)17(21)18-8-7-14(11-18)12-20/h5-6,10,14,19-20H,3,7-9,11-12H2,1H3. The molecule has 1 heterocycles. The molecule has 21 heavy (non-hydrogen) atoms. The molecule has 0 aliphatic carbocycles. The highest BCUT2D eigenvalue weighted by molar-refractivity contribution is 5.94. The first-order valence-electron chi connectivity index (χ1n) is 7.26. The molecule has 1 saturated heterocycles. The van der Waals surface area contributed by atoms with Crippen molar-refractivity contribution < 1.29 is 15.0 Å². The maximum absolute atomic E-state index is 12.5. The van der Waals surface area contributed by atoms with E-state index < -0.39 is 0 Å². The summed E-state index contributed by atoms with van der Waals surface area (Å²) in [5, 5.41) is 17.9. The van der Waals surface area contributed by atoms with Crippen LogP contribution in [0.1, 0.15) is 34.3 Å².